The van der Waals surface area contributed by atoms with Gasteiger partial charge in [0.05, 0.1) is 19.0 Å². The van der Waals surface area contributed by atoms with E-state index in [-0.39, 0.29) is 5.91 Å². The Hall–Kier alpha value is -2.36. The van der Waals surface area contributed by atoms with Crippen LogP contribution in [0.4, 0.5) is 5.69 Å². The third-order valence-electron chi connectivity index (χ3n) is 2.65. The third kappa shape index (κ3) is 2.48. The molecule has 0 saturated heterocycles. The van der Waals surface area contributed by atoms with Gasteiger partial charge in [0.15, 0.2) is 0 Å². The summed E-state index contributed by atoms with van der Waals surface area (Å²) in [6.07, 6.45) is 3.32. The molecule has 0 radical (unpaired) electrons. The van der Waals surface area contributed by atoms with Crippen molar-refractivity contribution in [3.8, 4) is 5.75 Å². The summed E-state index contributed by atoms with van der Waals surface area (Å²) in [5.41, 5.74) is 1.34. The number of rotatable bonds is 3. The first-order valence-electron chi connectivity index (χ1n) is 5.54. The fraction of sp³-hybridized carbons (Fsp3) is 0.143. The number of carbonyl (C=O) groups is 1. The molecule has 0 saturated carbocycles. The number of amides is 1. The second kappa shape index (κ2) is 5.31. The van der Waals surface area contributed by atoms with Gasteiger partial charge in [0.1, 0.15) is 5.75 Å². The van der Waals surface area contributed by atoms with Crippen molar-refractivity contribution in [1.82, 2.24) is 4.98 Å². The number of aromatic nitrogens is 1. The Morgan fingerprint density at radius 1 is 1.28 bits per heavy atom. The first-order chi connectivity index (χ1) is 8.72. The number of carbonyl (C=O) groups excluding carboxylic acids is 1. The van der Waals surface area contributed by atoms with Crippen LogP contribution in [0.5, 0.6) is 5.75 Å². The molecule has 92 valence electrons. The summed E-state index contributed by atoms with van der Waals surface area (Å²) >= 11 is 0. The molecule has 0 aliphatic heterocycles. The highest BCUT2D eigenvalue weighted by atomic mass is 16.5. The van der Waals surface area contributed by atoms with Crippen LogP contribution in [0.3, 0.4) is 0 Å². The van der Waals surface area contributed by atoms with Gasteiger partial charge in [-0.15, -0.1) is 0 Å². The van der Waals surface area contributed by atoms with Crippen molar-refractivity contribution in [3.05, 3.63) is 54.4 Å². The molecule has 1 aromatic heterocycles. The zero-order chi connectivity index (χ0) is 13.0. The standard InChI is InChI=1S/C14H14N2O2/c1-16(12-6-4-8-15-10-12)14(17)11-5-3-7-13(9-11)18-2/h3-10H,1-2H3. The van der Waals surface area contributed by atoms with Gasteiger partial charge < -0.3 is 9.64 Å². The van der Waals surface area contributed by atoms with E-state index in [1.807, 2.05) is 6.07 Å². The Balaban J connectivity index is 2.25. The molecule has 2 rings (SSSR count). The summed E-state index contributed by atoms with van der Waals surface area (Å²) in [6.45, 7) is 0. The maximum absolute atomic E-state index is 12.3. The number of anilines is 1. The Kier molecular flexibility index (Phi) is 3.57. The zero-order valence-corrected chi connectivity index (χ0v) is 10.3. The number of hydrogen-bond donors (Lipinski definition) is 0. The molecule has 4 heteroatoms. The molecule has 1 amide bonds. The highest BCUT2D eigenvalue weighted by Crippen LogP contribution is 2.17. The van der Waals surface area contributed by atoms with Crippen LogP contribution in [0.15, 0.2) is 48.8 Å². The number of pyridine rings is 1. The maximum atomic E-state index is 12.3. The number of methoxy groups -OCH3 is 1. The molecule has 0 spiro atoms. The molecule has 1 heterocycles. The van der Waals surface area contributed by atoms with Gasteiger partial charge in [-0.05, 0) is 30.3 Å². The van der Waals surface area contributed by atoms with E-state index >= 15 is 0 Å². The molecule has 0 aliphatic carbocycles. The normalized spacial score (nSPS) is 9.89. The molecule has 0 aliphatic rings. The molecule has 0 atom stereocenters. The Bertz CT molecular complexity index is 541. The average molecular weight is 242 g/mol. The summed E-state index contributed by atoms with van der Waals surface area (Å²) in [4.78, 5) is 17.8. The van der Waals surface area contributed by atoms with Crippen LogP contribution in [0.2, 0.25) is 0 Å². The summed E-state index contributed by atoms with van der Waals surface area (Å²) in [7, 11) is 3.30. The zero-order valence-electron chi connectivity index (χ0n) is 10.3. The Labute approximate surface area is 106 Å². The summed E-state index contributed by atoms with van der Waals surface area (Å²) < 4.78 is 5.11. The van der Waals surface area contributed by atoms with E-state index in [9.17, 15) is 4.79 Å². The summed E-state index contributed by atoms with van der Waals surface area (Å²) in [5, 5.41) is 0. The minimum Gasteiger partial charge on any atom is -0.497 e. The van der Waals surface area contributed by atoms with Gasteiger partial charge >= 0.3 is 0 Å². The van der Waals surface area contributed by atoms with E-state index < -0.39 is 0 Å². The first-order valence-corrected chi connectivity index (χ1v) is 5.54. The number of ether oxygens (including phenoxy) is 1. The lowest BCUT2D eigenvalue weighted by molar-refractivity contribution is 0.0992. The van der Waals surface area contributed by atoms with Crippen LogP contribution in [-0.4, -0.2) is 25.0 Å². The van der Waals surface area contributed by atoms with Crippen LogP contribution in [0, 0.1) is 0 Å². The number of nitrogens with zero attached hydrogens (tertiary/aromatic N) is 2. The average Bonchev–Trinajstić information content (AvgIpc) is 2.46. The van der Waals surface area contributed by atoms with Gasteiger partial charge in [-0.25, -0.2) is 0 Å². The van der Waals surface area contributed by atoms with E-state index in [0.29, 0.717) is 11.3 Å². The van der Waals surface area contributed by atoms with E-state index in [0.717, 1.165) is 5.69 Å². The lowest BCUT2D eigenvalue weighted by Gasteiger charge is -2.17. The molecular formula is C14H14N2O2. The van der Waals surface area contributed by atoms with Gasteiger partial charge in [0, 0.05) is 18.8 Å². The van der Waals surface area contributed by atoms with E-state index in [4.69, 9.17) is 4.74 Å². The van der Waals surface area contributed by atoms with Crippen LogP contribution >= 0.6 is 0 Å². The highest BCUT2D eigenvalue weighted by molar-refractivity contribution is 6.05. The fourth-order valence-electron chi connectivity index (χ4n) is 1.62. The molecule has 0 bridgehead atoms. The van der Waals surface area contributed by atoms with Gasteiger partial charge in [-0.3, -0.25) is 9.78 Å². The predicted octanol–water partition coefficient (Wildman–Crippen LogP) is 2.37. The van der Waals surface area contributed by atoms with Crippen molar-refractivity contribution < 1.29 is 9.53 Å². The Morgan fingerprint density at radius 3 is 2.78 bits per heavy atom. The monoisotopic (exact) mass is 242 g/mol. The summed E-state index contributed by atoms with van der Waals surface area (Å²) in [5.74, 6) is 0.572. The molecule has 1 aromatic carbocycles. The first kappa shape index (κ1) is 12.1. The summed E-state index contributed by atoms with van der Waals surface area (Å²) in [6, 6.07) is 10.7. The van der Waals surface area contributed by atoms with E-state index in [2.05, 4.69) is 4.98 Å². The topological polar surface area (TPSA) is 42.4 Å². The van der Waals surface area contributed by atoms with Gasteiger partial charge in [0.2, 0.25) is 0 Å². The molecule has 4 nitrogen and oxygen atoms in total. The van der Waals surface area contributed by atoms with Crippen molar-refractivity contribution in [2.75, 3.05) is 19.1 Å². The lowest BCUT2D eigenvalue weighted by Crippen LogP contribution is -2.26. The van der Waals surface area contributed by atoms with Crippen molar-refractivity contribution in [2.45, 2.75) is 0 Å². The minimum absolute atomic E-state index is 0.0955. The van der Waals surface area contributed by atoms with Crippen molar-refractivity contribution >= 4 is 11.6 Å². The quantitative estimate of drug-likeness (QED) is 0.829. The van der Waals surface area contributed by atoms with Gasteiger partial charge in [0.25, 0.3) is 5.91 Å². The molecule has 18 heavy (non-hydrogen) atoms. The number of benzene rings is 1. The lowest BCUT2D eigenvalue weighted by atomic mass is 10.2. The number of hydrogen-bond acceptors (Lipinski definition) is 3. The van der Waals surface area contributed by atoms with Crippen molar-refractivity contribution in [2.24, 2.45) is 0 Å². The second-order valence-electron chi connectivity index (χ2n) is 3.81. The third-order valence-corrected chi connectivity index (χ3v) is 2.65. The van der Waals surface area contributed by atoms with Crippen LogP contribution in [0.25, 0.3) is 0 Å². The molecule has 0 unspecified atom stereocenters. The molecule has 0 fully saturated rings. The smallest absolute Gasteiger partial charge is 0.258 e. The van der Waals surface area contributed by atoms with Gasteiger partial charge in [-0.2, -0.15) is 0 Å². The second-order valence-corrected chi connectivity index (χ2v) is 3.81. The fourth-order valence-corrected chi connectivity index (χ4v) is 1.62. The predicted molar refractivity (Wildman–Crippen MR) is 70.0 cm³/mol. The SMILES string of the molecule is COc1cccc(C(=O)N(C)c2cccnc2)c1. The van der Waals surface area contributed by atoms with Crippen LogP contribution in [-0.2, 0) is 0 Å². The largest absolute Gasteiger partial charge is 0.497 e. The van der Waals surface area contributed by atoms with E-state index in [1.165, 1.54) is 0 Å². The van der Waals surface area contributed by atoms with E-state index in [1.54, 1.807) is 61.8 Å². The highest BCUT2D eigenvalue weighted by Gasteiger charge is 2.13. The minimum atomic E-state index is -0.0955. The molecule has 2 aromatic rings. The van der Waals surface area contributed by atoms with Crippen LogP contribution < -0.4 is 9.64 Å². The van der Waals surface area contributed by atoms with Crippen LogP contribution in [0.1, 0.15) is 10.4 Å². The molecule has 0 N–H and O–H groups in total. The Morgan fingerprint density at radius 2 is 2.11 bits per heavy atom. The maximum Gasteiger partial charge on any atom is 0.258 e. The van der Waals surface area contributed by atoms with Crippen molar-refractivity contribution in [3.63, 3.8) is 0 Å². The van der Waals surface area contributed by atoms with Crippen molar-refractivity contribution in [1.29, 1.82) is 0 Å². The molecular weight excluding hydrogens is 228 g/mol. The van der Waals surface area contributed by atoms with Gasteiger partial charge in [-0.1, -0.05) is 6.07 Å².